The molecule has 2 atom stereocenters. The van der Waals surface area contributed by atoms with Gasteiger partial charge in [0.25, 0.3) is 5.91 Å². The second-order valence-corrected chi connectivity index (χ2v) is 9.77. The molecule has 2 aromatic carbocycles. The third-order valence-corrected chi connectivity index (χ3v) is 7.51. The normalized spacial score (nSPS) is 17.8. The van der Waals surface area contributed by atoms with Crippen LogP contribution < -0.4 is 10.2 Å². The predicted octanol–water partition coefficient (Wildman–Crippen LogP) is 1.56. The van der Waals surface area contributed by atoms with Gasteiger partial charge in [-0.25, -0.2) is 12.7 Å². The van der Waals surface area contributed by atoms with E-state index in [0.29, 0.717) is 5.69 Å². The third kappa shape index (κ3) is 4.22. The van der Waals surface area contributed by atoms with Crippen LogP contribution in [-0.2, 0) is 27.8 Å². The van der Waals surface area contributed by atoms with Gasteiger partial charge < -0.3 is 10.2 Å². The minimum atomic E-state index is -3.70. The van der Waals surface area contributed by atoms with Crippen molar-refractivity contribution >= 4 is 33.2 Å². The summed E-state index contributed by atoms with van der Waals surface area (Å²) in [6.45, 7) is 3.57. The molecule has 0 fully saturated rings. The van der Waals surface area contributed by atoms with Crippen molar-refractivity contribution in [3.05, 3.63) is 58.6 Å². The van der Waals surface area contributed by atoms with Gasteiger partial charge in [0.2, 0.25) is 10.0 Å². The summed E-state index contributed by atoms with van der Waals surface area (Å²) in [6.07, 6.45) is 0.940. The van der Waals surface area contributed by atoms with Gasteiger partial charge >= 0.3 is 0 Å². The van der Waals surface area contributed by atoms with Gasteiger partial charge in [-0.1, -0.05) is 35.9 Å². The van der Waals surface area contributed by atoms with Crippen LogP contribution in [0.1, 0.15) is 18.1 Å². The quantitative estimate of drug-likeness (QED) is 0.768. The van der Waals surface area contributed by atoms with Crippen molar-refractivity contribution in [3.63, 3.8) is 0 Å². The van der Waals surface area contributed by atoms with E-state index in [-0.39, 0.29) is 21.9 Å². The molecular weight excluding hydrogens is 398 g/mol. The maximum Gasteiger partial charge on any atom is 0.282 e. The van der Waals surface area contributed by atoms with Gasteiger partial charge in [-0.15, -0.1) is 0 Å². The van der Waals surface area contributed by atoms with Crippen molar-refractivity contribution in [2.24, 2.45) is 0 Å². The van der Waals surface area contributed by atoms with Crippen LogP contribution in [0.2, 0.25) is 5.02 Å². The zero-order valence-electron chi connectivity index (χ0n) is 16.2. The van der Waals surface area contributed by atoms with Gasteiger partial charge in [0, 0.05) is 31.8 Å². The van der Waals surface area contributed by atoms with Crippen LogP contribution in [-0.4, -0.2) is 45.3 Å². The highest BCUT2D eigenvalue weighted by molar-refractivity contribution is 7.89. The van der Waals surface area contributed by atoms with Crippen LogP contribution in [0.15, 0.2) is 47.4 Å². The maximum atomic E-state index is 12.8. The average molecular weight is 423 g/mol. The van der Waals surface area contributed by atoms with Crippen molar-refractivity contribution in [3.8, 4) is 0 Å². The molecule has 0 spiro atoms. The van der Waals surface area contributed by atoms with Gasteiger partial charge in [-0.3, -0.25) is 4.79 Å². The second kappa shape index (κ2) is 8.21. The first-order chi connectivity index (χ1) is 13.2. The monoisotopic (exact) mass is 422 g/mol. The molecule has 1 heterocycles. The van der Waals surface area contributed by atoms with Crippen LogP contribution in [0, 0.1) is 0 Å². The third-order valence-electron chi connectivity index (χ3n) is 5.21. The first-order valence-electron chi connectivity index (χ1n) is 9.14. The summed E-state index contributed by atoms with van der Waals surface area (Å²) in [5.74, 6) is -0.148. The molecular formula is C20H25ClN3O3S+. The number of quaternary nitrogens is 1. The van der Waals surface area contributed by atoms with E-state index in [4.69, 9.17) is 11.6 Å². The summed E-state index contributed by atoms with van der Waals surface area (Å²) in [6, 6.07) is 12.5. The Morgan fingerprint density at radius 3 is 2.54 bits per heavy atom. The number of hydrogen-bond acceptors (Lipinski definition) is 3. The van der Waals surface area contributed by atoms with Gasteiger partial charge in [0.05, 0.1) is 11.6 Å². The van der Waals surface area contributed by atoms with Crippen LogP contribution in [0.3, 0.4) is 0 Å². The molecule has 1 aliphatic heterocycles. The highest BCUT2D eigenvalue weighted by Gasteiger charge is 2.29. The van der Waals surface area contributed by atoms with Crippen molar-refractivity contribution in [2.75, 3.05) is 26.0 Å². The van der Waals surface area contributed by atoms with Gasteiger partial charge in [0.15, 0.2) is 6.04 Å². The lowest BCUT2D eigenvalue weighted by Crippen LogP contribution is -3.16. The summed E-state index contributed by atoms with van der Waals surface area (Å²) in [7, 11) is -0.813. The molecule has 1 amide bonds. The molecule has 2 aromatic rings. The molecule has 0 radical (unpaired) electrons. The van der Waals surface area contributed by atoms with E-state index in [9.17, 15) is 13.2 Å². The molecule has 1 unspecified atom stereocenters. The van der Waals surface area contributed by atoms with Crippen LogP contribution in [0.5, 0.6) is 0 Å². The average Bonchev–Trinajstić information content (AvgIpc) is 2.68. The Hall–Kier alpha value is -1.93. The number of anilines is 1. The lowest BCUT2D eigenvalue weighted by atomic mass is 9.99. The fourth-order valence-electron chi connectivity index (χ4n) is 3.38. The summed E-state index contributed by atoms with van der Waals surface area (Å²) in [5, 5.41) is 2.96. The lowest BCUT2D eigenvalue weighted by molar-refractivity contribution is -0.929. The van der Waals surface area contributed by atoms with Gasteiger partial charge in [-0.2, -0.15) is 0 Å². The molecule has 0 aliphatic carbocycles. The Morgan fingerprint density at radius 1 is 1.18 bits per heavy atom. The molecule has 2 N–H and O–H groups in total. The maximum absolute atomic E-state index is 12.8. The molecule has 1 aliphatic rings. The number of hydrogen-bond donors (Lipinski definition) is 2. The first-order valence-corrected chi connectivity index (χ1v) is 11.0. The van der Waals surface area contributed by atoms with Crippen molar-refractivity contribution in [2.45, 2.75) is 30.8 Å². The summed E-state index contributed by atoms with van der Waals surface area (Å²) in [5.41, 5.74) is 3.03. The van der Waals surface area contributed by atoms with E-state index in [0.717, 1.165) is 23.8 Å². The number of nitrogens with zero attached hydrogens (tertiary/aromatic N) is 1. The van der Waals surface area contributed by atoms with E-state index in [1.165, 1.54) is 42.3 Å². The van der Waals surface area contributed by atoms with Crippen molar-refractivity contribution in [1.82, 2.24) is 4.31 Å². The zero-order chi connectivity index (χ0) is 20.5. The molecule has 28 heavy (non-hydrogen) atoms. The molecule has 150 valence electrons. The van der Waals surface area contributed by atoms with Crippen molar-refractivity contribution in [1.29, 1.82) is 0 Å². The molecule has 8 heteroatoms. The van der Waals surface area contributed by atoms with Crippen LogP contribution in [0.25, 0.3) is 0 Å². The molecule has 3 rings (SSSR count). The number of amides is 1. The minimum absolute atomic E-state index is 0.0242. The van der Waals surface area contributed by atoms with E-state index >= 15 is 0 Å². The molecule has 0 saturated carbocycles. The number of carbonyl (C=O) groups is 1. The topological polar surface area (TPSA) is 70.9 Å². The Labute approximate surface area is 171 Å². The SMILES string of the molecule is C[C@@H](C(=O)Nc1ccc(Cl)c(S(=O)(=O)N(C)C)c1)[NH+]1CCc2ccccc2C1. The molecule has 0 saturated heterocycles. The smallest absolute Gasteiger partial charge is 0.282 e. The van der Waals surface area contributed by atoms with Crippen LogP contribution in [0.4, 0.5) is 5.69 Å². The molecule has 6 nitrogen and oxygen atoms in total. The predicted molar refractivity (Wildman–Crippen MR) is 110 cm³/mol. The fourth-order valence-corrected chi connectivity index (χ4v) is 4.78. The number of fused-ring (bicyclic) bond motifs is 1. The number of nitrogens with one attached hydrogen (secondary N) is 2. The molecule has 0 bridgehead atoms. The number of halogens is 1. The Morgan fingerprint density at radius 2 is 1.86 bits per heavy atom. The number of sulfonamides is 1. The Bertz CT molecular complexity index is 992. The number of benzene rings is 2. The second-order valence-electron chi connectivity index (χ2n) is 7.25. The van der Waals surface area contributed by atoms with E-state index in [1.807, 2.05) is 19.1 Å². The van der Waals surface area contributed by atoms with E-state index < -0.39 is 10.0 Å². The zero-order valence-corrected chi connectivity index (χ0v) is 17.8. The number of carbonyl (C=O) groups excluding carboxylic acids is 1. The lowest BCUT2D eigenvalue weighted by Gasteiger charge is -2.30. The Kier molecular flexibility index (Phi) is 6.09. The number of rotatable bonds is 5. The van der Waals surface area contributed by atoms with E-state index in [1.54, 1.807) is 6.07 Å². The highest BCUT2D eigenvalue weighted by Crippen LogP contribution is 2.26. The first kappa shape index (κ1) is 20.8. The fraction of sp³-hybridized carbons (Fsp3) is 0.350. The van der Waals surface area contributed by atoms with Gasteiger partial charge in [0.1, 0.15) is 11.4 Å². The Balaban J connectivity index is 1.75. The highest BCUT2D eigenvalue weighted by atomic mass is 35.5. The van der Waals surface area contributed by atoms with E-state index in [2.05, 4.69) is 17.4 Å². The van der Waals surface area contributed by atoms with Crippen LogP contribution >= 0.6 is 11.6 Å². The summed E-state index contributed by atoms with van der Waals surface area (Å²) >= 11 is 6.07. The van der Waals surface area contributed by atoms with Crippen molar-refractivity contribution < 1.29 is 18.1 Å². The summed E-state index contributed by atoms with van der Waals surface area (Å²) < 4.78 is 25.9. The standard InChI is InChI=1S/C20H24ClN3O3S/c1-14(24-11-10-15-6-4-5-7-16(15)13-24)20(25)22-17-8-9-18(21)19(12-17)28(26,27)23(2)3/h4-9,12,14H,10-11,13H2,1-3H3,(H,22,25)/p+1/t14-/m0/s1. The summed E-state index contributed by atoms with van der Waals surface area (Å²) in [4.78, 5) is 13.9. The minimum Gasteiger partial charge on any atom is -0.321 e. The molecule has 0 aromatic heterocycles. The largest absolute Gasteiger partial charge is 0.321 e. The van der Waals surface area contributed by atoms with Gasteiger partial charge in [-0.05, 0) is 30.7 Å².